The molecule has 1 heterocycles. The second kappa shape index (κ2) is 16.1. The number of amides is 3. The van der Waals surface area contributed by atoms with Gasteiger partial charge in [0.05, 0.1) is 27.4 Å². The molecule has 1 atom stereocenters. The molecule has 0 saturated carbocycles. The number of nitrogens with zero attached hydrogens (tertiary/aromatic N) is 1. The van der Waals surface area contributed by atoms with Gasteiger partial charge in [-0.25, -0.2) is 4.98 Å². The van der Waals surface area contributed by atoms with Crippen LogP contribution in [0, 0.1) is 0 Å². The van der Waals surface area contributed by atoms with Crippen LogP contribution in [0.25, 0.3) is 16.3 Å². The molecule has 1 unspecified atom stereocenters. The van der Waals surface area contributed by atoms with Crippen molar-refractivity contribution in [3.63, 3.8) is 0 Å². The first kappa shape index (κ1) is 34.7. The number of benzene rings is 5. The van der Waals surface area contributed by atoms with Gasteiger partial charge in [-0.2, -0.15) is 0 Å². The third-order valence-electron chi connectivity index (χ3n) is 7.32. The molecule has 6 rings (SSSR count). The molecular formula is C38H28Cl2N4O4S2. The Balaban J connectivity index is 1.24. The summed E-state index contributed by atoms with van der Waals surface area (Å²) in [6.07, 6.45) is 1.47. The number of thiazole rings is 1. The number of carbonyl (C=O) groups excluding carboxylic acids is 3. The quantitative estimate of drug-likeness (QED) is 0.0903. The average molecular weight is 740 g/mol. The number of halogens is 2. The summed E-state index contributed by atoms with van der Waals surface area (Å²) in [5.41, 5.74) is 2.77. The molecule has 0 saturated heterocycles. The number of ether oxygens (including phenoxy) is 1. The van der Waals surface area contributed by atoms with Crippen molar-refractivity contribution in [1.29, 1.82) is 0 Å². The standard InChI is InChI=1S/C38H28Cl2N4O4S2/c1-48-27-18-19-30-32(22-27)50-38(43-30)44-37(47)34(23-10-4-2-5-11-23)49-28-16-9-15-26(21-28)41-36(46)31(20-25-14-8-17-29(39)33(25)40)42-35(45)24-12-6-3-7-13-24/h2-22,34H,1H3,(H,41,46)(H,42,45)(H,43,44,47)/b31-20+. The zero-order valence-corrected chi connectivity index (χ0v) is 29.5. The molecule has 1 aromatic heterocycles. The van der Waals surface area contributed by atoms with E-state index in [1.54, 1.807) is 73.8 Å². The van der Waals surface area contributed by atoms with E-state index < -0.39 is 17.1 Å². The van der Waals surface area contributed by atoms with Crippen molar-refractivity contribution in [1.82, 2.24) is 10.3 Å². The van der Waals surface area contributed by atoms with Crippen molar-refractivity contribution < 1.29 is 19.1 Å². The highest BCUT2D eigenvalue weighted by atomic mass is 35.5. The van der Waals surface area contributed by atoms with Crippen LogP contribution in [0.3, 0.4) is 0 Å². The van der Waals surface area contributed by atoms with Crippen LogP contribution in [0.2, 0.25) is 10.0 Å². The summed E-state index contributed by atoms with van der Waals surface area (Å²) in [5, 5.41) is 8.93. The molecule has 0 fully saturated rings. The summed E-state index contributed by atoms with van der Waals surface area (Å²) in [7, 11) is 1.60. The lowest BCUT2D eigenvalue weighted by Gasteiger charge is -2.17. The molecule has 0 aliphatic carbocycles. The highest BCUT2D eigenvalue weighted by molar-refractivity contribution is 8.00. The zero-order chi connectivity index (χ0) is 35.0. The summed E-state index contributed by atoms with van der Waals surface area (Å²) in [5.74, 6) is -0.609. The van der Waals surface area contributed by atoms with E-state index in [9.17, 15) is 14.4 Å². The van der Waals surface area contributed by atoms with E-state index in [1.807, 2.05) is 54.6 Å². The van der Waals surface area contributed by atoms with Gasteiger partial charge in [-0.1, -0.05) is 101 Å². The molecule has 50 heavy (non-hydrogen) atoms. The van der Waals surface area contributed by atoms with Crippen molar-refractivity contribution >= 4 is 91.1 Å². The number of fused-ring (bicyclic) bond motifs is 1. The maximum Gasteiger partial charge on any atom is 0.272 e. The number of anilines is 2. The van der Waals surface area contributed by atoms with Crippen LogP contribution in [-0.2, 0) is 9.59 Å². The van der Waals surface area contributed by atoms with Crippen molar-refractivity contribution in [2.75, 3.05) is 17.7 Å². The van der Waals surface area contributed by atoms with Gasteiger partial charge in [0.1, 0.15) is 16.7 Å². The molecule has 0 aliphatic heterocycles. The third-order valence-corrected chi connectivity index (χ3v) is 10.3. The molecule has 3 N–H and O–H groups in total. The molecule has 0 aliphatic rings. The van der Waals surface area contributed by atoms with Crippen molar-refractivity contribution in [2.45, 2.75) is 10.1 Å². The molecule has 0 bridgehead atoms. The van der Waals surface area contributed by atoms with E-state index in [2.05, 4.69) is 20.9 Å². The molecule has 3 amide bonds. The number of hydrogen-bond donors (Lipinski definition) is 3. The molecule has 8 nitrogen and oxygen atoms in total. The van der Waals surface area contributed by atoms with Gasteiger partial charge in [0.25, 0.3) is 11.8 Å². The Hall–Kier alpha value is -5.13. The van der Waals surface area contributed by atoms with Gasteiger partial charge in [-0.3, -0.25) is 14.4 Å². The fraction of sp³-hybridized carbons (Fsp3) is 0.0526. The lowest BCUT2D eigenvalue weighted by Crippen LogP contribution is -2.30. The lowest BCUT2D eigenvalue weighted by atomic mass is 10.1. The zero-order valence-electron chi connectivity index (χ0n) is 26.4. The number of carbonyl (C=O) groups is 3. The molecule has 250 valence electrons. The number of aromatic nitrogens is 1. The van der Waals surface area contributed by atoms with Crippen molar-refractivity contribution in [2.24, 2.45) is 0 Å². The number of nitrogens with one attached hydrogen (secondary N) is 3. The van der Waals surface area contributed by atoms with Crippen LogP contribution in [0.15, 0.2) is 132 Å². The largest absolute Gasteiger partial charge is 0.497 e. The first-order valence-electron chi connectivity index (χ1n) is 15.2. The Morgan fingerprint density at radius 3 is 2.34 bits per heavy atom. The minimum Gasteiger partial charge on any atom is -0.497 e. The molecular weight excluding hydrogens is 711 g/mol. The third kappa shape index (κ3) is 8.53. The predicted molar refractivity (Wildman–Crippen MR) is 203 cm³/mol. The van der Waals surface area contributed by atoms with Gasteiger partial charge in [0, 0.05) is 16.1 Å². The second-order valence-corrected chi connectivity index (χ2v) is 13.7. The van der Waals surface area contributed by atoms with Gasteiger partial charge in [0.15, 0.2) is 5.13 Å². The molecule has 5 aromatic carbocycles. The number of rotatable bonds is 11. The van der Waals surface area contributed by atoms with E-state index in [1.165, 1.54) is 29.2 Å². The SMILES string of the molecule is COc1ccc2nc(NC(=O)C(Sc3cccc(NC(=O)/C(=C\c4cccc(Cl)c4Cl)NC(=O)c4ccccc4)c3)c3ccccc3)sc2c1. The topological polar surface area (TPSA) is 109 Å². The molecule has 6 aromatic rings. The summed E-state index contributed by atoms with van der Waals surface area (Å²) < 4.78 is 6.21. The maximum atomic E-state index is 13.8. The van der Waals surface area contributed by atoms with E-state index in [4.69, 9.17) is 27.9 Å². The summed E-state index contributed by atoms with van der Waals surface area (Å²) in [4.78, 5) is 45.9. The molecule has 0 spiro atoms. The minimum atomic E-state index is -0.644. The van der Waals surface area contributed by atoms with Gasteiger partial charge < -0.3 is 20.7 Å². The Morgan fingerprint density at radius 1 is 0.840 bits per heavy atom. The fourth-order valence-corrected chi connectivity index (χ4v) is 7.21. The number of methoxy groups -OCH3 is 1. The van der Waals surface area contributed by atoms with Crippen LogP contribution >= 0.6 is 46.3 Å². The van der Waals surface area contributed by atoms with Crippen LogP contribution < -0.4 is 20.7 Å². The van der Waals surface area contributed by atoms with Crippen LogP contribution in [0.4, 0.5) is 10.8 Å². The first-order valence-corrected chi connectivity index (χ1v) is 17.6. The highest BCUT2D eigenvalue weighted by Gasteiger charge is 2.24. The maximum absolute atomic E-state index is 13.8. The van der Waals surface area contributed by atoms with Crippen molar-refractivity contribution in [3.8, 4) is 5.75 Å². The summed E-state index contributed by atoms with van der Waals surface area (Å²) in [6, 6.07) is 35.6. The lowest BCUT2D eigenvalue weighted by molar-refractivity contribution is -0.116. The normalized spacial score (nSPS) is 11.9. The minimum absolute atomic E-state index is 0.0453. The van der Waals surface area contributed by atoms with Crippen molar-refractivity contribution in [3.05, 3.63) is 154 Å². The Morgan fingerprint density at radius 2 is 1.58 bits per heavy atom. The van der Waals surface area contributed by atoms with Gasteiger partial charge in [-0.05, 0) is 71.8 Å². The highest BCUT2D eigenvalue weighted by Crippen LogP contribution is 2.38. The Kier molecular flexibility index (Phi) is 11.1. The summed E-state index contributed by atoms with van der Waals surface area (Å²) >= 11 is 15.3. The van der Waals surface area contributed by atoms with Gasteiger partial charge in [0.2, 0.25) is 5.91 Å². The first-order chi connectivity index (χ1) is 24.3. The number of hydrogen-bond acceptors (Lipinski definition) is 7. The van der Waals surface area contributed by atoms with E-state index in [0.717, 1.165) is 20.7 Å². The van der Waals surface area contributed by atoms with Gasteiger partial charge in [-0.15, -0.1) is 11.8 Å². The van der Waals surface area contributed by atoms with Gasteiger partial charge >= 0.3 is 0 Å². The second-order valence-electron chi connectivity index (χ2n) is 10.8. The summed E-state index contributed by atoms with van der Waals surface area (Å²) in [6.45, 7) is 0. The Bertz CT molecular complexity index is 2210. The van der Waals surface area contributed by atoms with E-state index >= 15 is 0 Å². The smallest absolute Gasteiger partial charge is 0.272 e. The van der Waals surface area contributed by atoms with E-state index in [0.29, 0.717) is 32.7 Å². The Labute approximate surface area is 306 Å². The monoisotopic (exact) mass is 738 g/mol. The fourth-order valence-electron chi connectivity index (χ4n) is 4.87. The predicted octanol–water partition coefficient (Wildman–Crippen LogP) is 9.49. The van der Waals surface area contributed by atoms with E-state index in [-0.39, 0.29) is 16.6 Å². The van der Waals surface area contributed by atoms with Crippen LogP contribution in [0.5, 0.6) is 5.75 Å². The average Bonchev–Trinajstić information content (AvgIpc) is 3.54. The van der Waals surface area contributed by atoms with Crippen LogP contribution in [0.1, 0.15) is 26.7 Å². The van der Waals surface area contributed by atoms with Crippen LogP contribution in [-0.4, -0.2) is 29.8 Å². The molecule has 0 radical (unpaired) electrons. The number of thioether (sulfide) groups is 1. The molecule has 12 heteroatoms.